The van der Waals surface area contributed by atoms with Crippen molar-refractivity contribution < 1.29 is 58.2 Å². The minimum atomic E-state index is -1.83. The zero-order valence-electron chi connectivity index (χ0n) is 20.1. The SMILES string of the molecule is CCOC(=O)CCNC(=O)OC[C@H]1O[C@@H](O)[C@H](OC(=O)NCCNC(=O)OC(C)(C)C)[C@@H](O)[C@@H]1O. The van der Waals surface area contributed by atoms with E-state index in [4.69, 9.17) is 23.7 Å². The summed E-state index contributed by atoms with van der Waals surface area (Å²) in [6.07, 6.45) is -10.9. The van der Waals surface area contributed by atoms with Crippen LogP contribution in [-0.2, 0) is 28.5 Å². The number of aliphatic hydroxyl groups excluding tert-OH is 3. The summed E-state index contributed by atoms with van der Waals surface area (Å²) in [5, 5.41) is 37.5. The van der Waals surface area contributed by atoms with Crippen LogP contribution in [0.15, 0.2) is 0 Å². The summed E-state index contributed by atoms with van der Waals surface area (Å²) in [7, 11) is 0. The van der Waals surface area contributed by atoms with Crippen LogP contribution in [0.1, 0.15) is 34.1 Å². The van der Waals surface area contributed by atoms with Gasteiger partial charge in [-0.15, -0.1) is 0 Å². The number of hydrogen-bond acceptors (Lipinski definition) is 12. The minimum Gasteiger partial charge on any atom is -0.466 e. The number of aliphatic hydroxyl groups is 3. The maximum Gasteiger partial charge on any atom is 0.407 e. The lowest BCUT2D eigenvalue weighted by Crippen LogP contribution is -2.60. The van der Waals surface area contributed by atoms with Crippen molar-refractivity contribution in [2.24, 2.45) is 0 Å². The van der Waals surface area contributed by atoms with Crippen molar-refractivity contribution in [3.63, 3.8) is 0 Å². The quantitative estimate of drug-likeness (QED) is 0.116. The van der Waals surface area contributed by atoms with Crippen LogP contribution < -0.4 is 16.0 Å². The zero-order valence-corrected chi connectivity index (χ0v) is 20.1. The van der Waals surface area contributed by atoms with Crippen molar-refractivity contribution in [3.8, 4) is 0 Å². The lowest BCUT2D eigenvalue weighted by Gasteiger charge is -2.39. The van der Waals surface area contributed by atoms with Gasteiger partial charge in [0, 0.05) is 19.6 Å². The molecule has 0 aromatic carbocycles. The second kappa shape index (κ2) is 14.5. The van der Waals surface area contributed by atoms with Crippen molar-refractivity contribution >= 4 is 24.2 Å². The van der Waals surface area contributed by atoms with E-state index in [0.717, 1.165) is 0 Å². The van der Waals surface area contributed by atoms with Crippen molar-refractivity contribution in [2.45, 2.75) is 70.4 Å². The van der Waals surface area contributed by atoms with Gasteiger partial charge in [-0.05, 0) is 27.7 Å². The molecule has 3 amide bonds. The van der Waals surface area contributed by atoms with E-state index in [1.165, 1.54) is 0 Å². The summed E-state index contributed by atoms with van der Waals surface area (Å²) in [6.45, 7) is 6.31. The van der Waals surface area contributed by atoms with Crippen LogP contribution >= 0.6 is 0 Å². The monoisotopic (exact) mass is 509 g/mol. The minimum absolute atomic E-state index is 0.0141. The third kappa shape index (κ3) is 11.9. The van der Waals surface area contributed by atoms with Gasteiger partial charge < -0.3 is 55.0 Å². The molecule has 6 N–H and O–H groups in total. The molecule has 5 atom stereocenters. The molecule has 35 heavy (non-hydrogen) atoms. The Hall–Kier alpha value is -2.88. The van der Waals surface area contributed by atoms with Gasteiger partial charge in [-0.25, -0.2) is 14.4 Å². The number of carbonyl (C=O) groups is 4. The van der Waals surface area contributed by atoms with Crippen LogP contribution in [0.3, 0.4) is 0 Å². The molecule has 1 rings (SSSR count). The van der Waals surface area contributed by atoms with E-state index in [9.17, 15) is 34.5 Å². The molecule has 202 valence electrons. The first-order chi connectivity index (χ1) is 16.3. The van der Waals surface area contributed by atoms with Gasteiger partial charge in [0.2, 0.25) is 0 Å². The number of nitrogens with one attached hydrogen (secondary N) is 3. The van der Waals surface area contributed by atoms with Crippen LogP contribution in [0.2, 0.25) is 0 Å². The molecule has 0 aromatic heterocycles. The number of esters is 1. The number of ether oxygens (including phenoxy) is 5. The summed E-state index contributed by atoms with van der Waals surface area (Å²) in [5.41, 5.74) is -0.679. The van der Waals surface area contributed by atoms with Gasteiger partial charge in [0.25, 0.3) is 0 Å². The van der Waals surface area contributed by atoms with Crippen LogP contribution in [-0.4, -0.2) is 109 Å². The first-order valence-corrected chi connectivity index (χ1v) is 11.0. The Bertz CT molecular complexity index is 714. The van der Waals surface area contributed by atoms with E-state index in [1.807, 2.05) is 0 Å². The van der Waals surface area contributed by atoms with Gasteiger partial charge >= 0.3 is 24.2 Å². The molecular formula is C20H35N3O12. The van der Waals surface area contributed by atoms with Crippen LogP contribution in [0.4, 0.5) is 14.4 Å². The highest BCUT2D eigenvalue weighted by atomic mass is 16.7. The van der Waals surface area contributed by atoms with Gasteiger partial charge in [0.05, 0.1) is 13.0 Å². The Labute approximate surface area is 202 Å². The first kappa shape index (κ1) is 30.2. The fourth-order valence-electron chi connectivity index (χ4n) is 2.70. The first-order valence-electron chi connectivity index (χ1n) is 11.0. The Balaban J connectivity index is 2.37. The molecule has 0 aromatic rings. The third-order valence-electron chi connectivity index (χ3n) is 4.25. The molecule has 0 aliphatic carbocycles. The Morgan fingerprint density at radius 3 is 2.06 bits per heavy atom. The standard InChI is InChI=1S/C20H35N3O12/c1-5-31-12(24)6-7-21-17(28)32-10-11-13(25)14(26)15(16(27)33-11)34-18(29)22-8-9-23-19(30)35-20(2,3)4/h11,13-16,25-27H,5-10H2,1-4H3,(H,21,28)(H,22,29)(H,23,30)/t11-,13-,14+,15-,16-/m1/s1. The fourth-order valence-corrected chi connectivity index (χ4v) is 2.70. The van der Waals surface area contributed by atoms with Gasteiger partial charge in [-0.2, -0.15) is 0 Å². The highest BCUT2D eigenvalue weighted by Gasteiger charge is 2.46. The van der Waals surface area contributed by atoms with E-state index in [0.29, 0.717) is 0 Å². The molecule has 1 heterocycles. The molecule has 0 unspecified atom stereocenters. The average Bonchev–Trinajstić information content (AvgIpc) is 2.75. The van der Waals surface area contributed by atoms with Crippen LogP contribution in [0.25, 0.3) is 0 Å². The van der Waals surface area contributed by atoms with E-state index in [1.54, 1.807) is 27.7 Å². The Kier molecular flexibility index (Phi) is 12.5. The predicted octanol–water partition coefficient (Wildman–Crippen LogP) is -1.28. The van der Waals surface area contributed by atoms with Gasteiger partial charge in [-0.3, -0.25) is 4.79 Å². The second-order valence-corrected chi connectivity index (χ2v) is 8.35. The van der Waals surface area contributed by atoms with Gasteiger partial charge in [0.15, 0.2) is 12.4 Å². The largest absolute Gasteiger partial charge is 0.466 e. The molecule has 0 radical (unpaired) electrons. The topological polar surface area (TPSA) is 211 Å². The predicted molar refractivity (Wildman–Crippen MR) is 116 cm³/mol. The number of hydrogen-bond donors (Lipinski definition) is 6. The van der Waals surface area contributed by atoms with Crippen molar-refractivity contribution in [2.75, 3.05) is 32.8 Å². The van der Waals surface area contributed by atoms with E-state index in [-0.39, 0.29) is 32.7 Å². The highest BCUT2D eigenvalue weighted by molar-refractivity contribution is 5.71. The summed E-state index contributed by atoms with van der Waals surface area (Å²) in [5.74, 6) is -0.500. The highest BCUT2D eigenvalue weighted by Crippen LogP contribution is 2.22. The average molecular weight is 510 g/mol. The third-order valence-corrected chi connectivity index (χ3v) is 4.25. The van der Waals surface area contributed by atoms with Gasteiger partial charge in [-0.1, -0.05) is 0 Å². The molecule has 0 saturated carbocycles. The molecule has 1 aliphatic rings. The van der Waals surface area contributed by atoms with E-state index in [2.05, 4.69) is 16.0 Å². The number of carbonyl (C=O) groups excluding carboxylic acids is 4. The lowest BCUT2D eigenvalue weighted by molar-refractivity contribution is -0.285. The van der Waals surface area contributed by atoms with Crippen molar-refractivity contribution in [3.05, 3.63) is 0 Å². The van der Waals surface area contributed by atoms with Crippen molar-refractivity contribution in [1.29, 1.82) is 0 Å². The molecule has 15 heteroatoms. The summed E-state index contributed by atoms with van der Waals surface area (Å²) >= 11 is 0. The maximum absolute atomic E-state index is 11.9. The Morgan fingerprint density at radius 1 is 0.857 bits per heavy atom. The molecule has 15 nitrogen and oxygen atoms in total. The molecule has 1 fully saturated rings. The fraction of sp³-hybridized carbons (Fsp3) is 0.800. The molecule has 1 aliphatic heterocycles. The van der Waals surface area contributed by atoms with E-state index < -0.39 is 67.2 Å². The normalized spacial score (nSPS) is 24.0. The lowest BCUT2D eigenvalue weighted by atomic mass is 9.99. The zero-order chi connectivity index (χ0) is 26.6. The smallest absolute Gasteiger partial charge is 0.407 e. The number of rotatable bonds is 10. The number of alkyl carbamates (subject to hydrolysis) is 3. The van der Waals surface area contributed by atoms with Crippen molar-refractivity contribution in [1.82, 2.24) is 16.0 Å². The molecule has 0 spiro atoms. The van der Waals surface area contributed by atoms with E-state index >= 15 is 0 Å². The maximum atomic E-state index is 11.9. The summed E-state index contributed by atoms with van der Waals surface area (Å²) in [4.78, 5) is 46.3. The molecular weight excluding hydrogens is 474 g/mol. The van der Waals surface area contributed by atoms with Crippen LogP contribution in [0, 0.1) is 0 Å². The van der Waals surface area contributed by atoms with Crippen LogP contribution in [0.5, 0.6) is 0 Å². The summed E-state index contributed by atoms with van der Waals surface area (Å²) in [6, 6.07) is 0. The Morgan fingerprint density at radius 2 is 1.46 bits per heavy atom. The number of amides is 3. The molecule has 1 saturated heterocycles. The summed E-state index contributed by atoms with van der Waals surface area (Å²) < 4.78 is 24.6. The second-order valence-electron chi connectivity index (χ2n) is 8.35. The molecule has 0 bridgehead atoms. The van der Waals surface area contributed by atoms with Gasteiger partial charge in [0.1, 0.15) is 30.5 Å².